The zero-order valence-electron chi connectivity index (χ0n) is 11.1. The fourth-order valence-corrected chi connectivity index (χ4v) is 4.33. The standard InChI is InChI=1S/C17H16O3/c18-15-11-3-1-2-4-12(11)16(19)17(20)14(15)13-8-9-5-6-10(13)7-9/h1-4,9-10,13,18H,5-8H2. The second-order valence-corrected chi connectivity index (χ2v) is 6.25. The zero-order chi connectivity index (χ0) is 13.9. The summed E-state index contributed by atoms with van der Waals surface area (Å²) in [5.41, 5.74) is 1.25. The van der Waals surface area contributed by atoms with Crippen molar-refractivity contribution >= 4 is 17.3 Å². The lowest BCUT2D eigenvalue weighted by molar-refractivity contribution is -0.112. The lowest BCUT2D eigenvalue weighted by Gasteiger charge is -2.27. The molecule has 0 amide bonds. The van der Waals surface area contributed by atoms with Gasteiger partial charge in [0.2, 0.25) is 11.6 Å². The Kier molecular flexibility index (Phi) is 2.40. The number of aliphatic hydroxyl groups excluding tert-OH is 1. The molecule has 0 heterocycles. The number of hydrogen-bond donors (Lipinski definition) is 1. The molecule has 2 bridgehead atoms. The second kappa shape index (κ2) is 4.05. The van der Waals surface area contributed by atoms with Crippen molar-refractivity contribution in [3.63, 3.8) is 0 Å². The number of carbonyl (C=O) groups excluding carboxylic acids is 2. The molecule has 3 unspecified atom stereocenters. The molecular weight excluding hydrogens is 252 g/mol. The maximum absolute atomic E-state index is 12.4. The van der Waals surface area contributed by atoms with Crippen LogP contribution in [0, 0.1) is 17.8 Å². The summed E-state index contributed by atoms with van der Waals surface area (Å²) in [5, 5.41) is 10.5. The van der Waals surface area contributed by atoms with Gasteiger partial charge in [0.05, 0.1) is 0 Å². The molecule has 3 aliphatic carbocycles. The number of rotatable bonds is 1. The predicted molar refractivity (Wildman–Crippen MR) is 74.3 cm³/mol. The van der Waals surface area contributed by atoms with Gasteiger partial charge in [-0.3, -0.25) is 9.59 Å². The minimum atomic E-state index is -0.487. The molecule has 0 aliphatic heterocycles. The lowest BCUT2D eigenvalue weighted by atomic mass is 9.76. The molecular formula is C17H16O3. The van der Waals surface area contributed by atoms with Crippen molar-refractivity contribution in [1.29, 1.82) is 0 Å². The van der Waals surface area contributed by atoms with Crippen LogP contribution in [0.3, 0.4) is 0 Å². The molecule has 102 valence electrons. The van der Waals surface area contributed by atoms with E-state index in [4.69, 9.17) is 0 Å². The first kappa shape index (κ1) is 11.9. The first-order valence-corrected chi connectivity index (χ1v) is 7.28. The summed E-state index contributed by atoms with van der Waals surface area (Å²) in [7, 11) is 0. The van der Waals surface area contributed by atoms with Crippen LogP contribution in [0.5, 0.6) is 0 Å². The number of aliphatic hydroxyl groups is 1. The van der Waals surface area contributed by atoms with Crippen molar-refractivity contribution in [2.45, 2.75) is 25.7 Å². The van der Waals surface area contributed by atoms with Gasteiger partial charge in [0.15, 0.2) is 0 Å². The lowest BCUT2D eigenvalue weighted by Crippen LogP contribution is -2.30. The van der Waals surface area contributed by atoms with E-state index in [1.54, 1.807) is 24.3 Å². The Morgan fingerprint density at radius 3 is 2.35 bits per heavy atom. The third kappa shape index (κ3) is 1.46. The molecule has 1 N–H and O–H groups in total. The largest absolute Gasteiger partial charge is 0.507 e. The summed E-state index contributed by atoms with van der Waals surface area (Å²) in [4.78, 5) is 24.6. The van der Waals surface area contributed by atoms with E-state index < -0.39 is 11.6 Å². The smallest absolute Gasteiger partial charge is 0.234 e. The molecule has 0 saturated heterocycles. The average molecular weight is 268 g/mol. The van der Waals surface area contributed by atoms with Gasteiger partial charge in [0.25, 0.3) is 0 Å². The number of fused-ring (bicyclic) bond motifs is 3. The summed E-state index contributed by atoms with van der Waals surface area (Å²) in [6.45, 7) is 0. The first-order chi connectivity index (χ1) is 9.66. The van der Waals surface area contributed by atoms with Gasteiger partial charge in [-0.25, -0.2) is 0 Å². The van der Waals surface area contributed by atoms with E-state index in [1.165, 1.54) is 6.42 Å². The molecule has 3 heteroatoms. The SMILES string of the molecule is O=C1C(=O)c2ccccc2C(O)=C1C1CC2CCC1C2. The Morgan fingerprint density at radius 1 is 0.950 bits per heavy atom. The highest BCUT2D eigenvalue weighted by atomic mass is 16.3. The maximum Gasteiger partial charge on any atom is 0.234 e. The van der Waals surface area contributed by atoms with Gasteiger partial charge in [-0.2, -0.15) is 0 Å². The van der Waals surface area contributed by atoms with Crippen LogP contribution in [0.1, 0.15) is 41.6 Å². The maximum atomic E-state index is 12.4. The van der Waals surface area contributed by atoms with E-state index in [2.05, 4.69) is 0 Å². The van der Waals surface area contributed by atoms with E-state index in [1.807, 2.05) is 0 Å². The van der Waals surface area contributed by atoms with Crippen LogP contribution in [0.25, 0.3) is 5.76 Å². The van der Waals surface area contributed by atoms with Crippen LogP contribution < -0.4 is 0 Å². The van der Waals surface area contributed by atoms with Crippen LogP contribution in [-0.2, 0) is 4.79 Å². The molecule has 0 radical (unpaired) electrons. The number of ketones is 2. The molecule has 3 atom stereocenters. The van der Waals surface area contributed by atoms with Crippen LogP contribution in [-0.4, -0.2) is 16.7 Å². The van der Waals surface area contributed by atoms with Crippen LogP contribution in [0.15, 0.2) is 29.8 Å². The Bertz CT molecular complexity index is 656. The highest BCUT2D eigenvalue weighted by Gasteiger charge is 2.46. The fourth-order valence-electron chi connectivity index (χ4n) is 4.33. The van der Waals surface area contributed by atoms with Crippen molar-refractivity contribution in [3.8, 4) is 0 Å². The second-order valence-electron chi connectivity index (χ2n) is 6.25. The molecule has 3 nitrogen and oxygen atoms in total. The van der Waals surface area contributed by atoms with E-state index >= 15 is 0 Å². The molecule has 0 aromatic heterocycles. The summed E-state index contributed by atoms with van der Waals surface area (Å²) in [6.07, 6.45) is 4.44. The molecule has 1 aromatic carbocycles. The topological polar surface area (TPSA) is 54.4 Å². The molecule has 3 aliphatic rings. The van der Waals surface area contributed by atoms with Crippen molar-refractivity contribution in [1.82, 2.24) is 0 Å². The normalized spacial score (nSPS) is 31.9. The number of benzene rings is 1. The van der Waals surface area contributed by atoms with Crippen LogP contribution in [0.2, 0.25) is 0 Å². The van der Waals surface area contributed by atoms with Crippen LogP contribution in [0.4, 0.5) is 0 Å². The number of carbonyl (C=O) groups is 2. The van der Waals surface area contributed by atoms with Crippen LogP contribution >= 0.6 is 0 Å². The number of Topliss-reactive ketones (excluding diaryl/α,β-unsaturated/α-hetero) is 2. The van der Waals surface area contributed by atoms with E-state index in [-0.39, 0.29) is 11.7 Å². The third-order valence-electron chi connectivity index (χ3n) is 5.24. The minimum absolute atomic E-state index is 0.0442. The van der Waals surface area contributed by atoms with Gasteiger partial charge in [-0.1, -0.05) is 30.7 Å². The van der Waals surface area contributed by atoms with E-state index in [9.17, 15) is 14.7 Å². The van der Waals surface area contributed by atoms with Gasteiger partial charge >= 0.3 is 0 Å². The monoisotopic (exact) mass is 268 g/mol. The quantitative estimate of drug-likeness (QED) is 0.796. The minimum Gasteiger partial charge on any atom is -0.507 e. The zero-order valence-corrected chi connectivity index (χ0v) is 11.1. The number of allylic oxidation sites excluding steroid dienone is 1. The molecule has 0 spiro atoms. The van der Waals surface area contributed by atoms with Gasteiger partial charge in [-0.05, 0) is 37.0 Å². The van der Waals surface area contributed by atoms with Crippen molar-refractivity contribution in [2.75, 3.05) is 0 Å². The molecule has 1 aromatic rings. The summed E-state index contributed by atoms with van der Waals surface area (Å²) < 4.78 is 0. The number of hydrogen-bond acceptors (Lipinski definition) is 3. The van der Waals surface area contributed by atoms with Gasteiger partial charge < -0.3 is 5.11 Å². The third-order valence-corrected chi connectivity index (χ3v) is 5.24. The average Bonchev–Trinajstić information content (AvgIpc) is 3.08. The Morgan fingerprint density at radius 2 is 1.70 bits per heavy atom. The van der Waals surface area contributed by atoms with Crippen molar-refractivity contribution in [3.05, 3.63) is 41.0 Å². The van der Waals surface area contributed by atoms with Gasteiger partial charge in [-0.15, -0.1) is 0 Å². The molecule has 2 fully saturated rings. The Hall–Kier alpha value is -1.90. The fraction of sp³-hybridized carbons (Fsp3) is 0.412. The predicted octanol–water partition coefficient (Wildman–Crippen LogP) is 3.16. The summed E-state index contributed by atoms with van der Waals surface area (Å²) >= 11 is 0. The van der Waals surface area contributed by atoms with Crippen molar-refractivity contribution in [2.24, 2.45) is 17.8 Å². The highest BCUT2D eigenvalue weighted by Crippen LogP contribution is 2.52. The van der Waals surface area contributed by atoms with Crippen molar-refractivity contribution < 1.29 is 14.7 Å². The molecule has 2 saturated carbocycles. The Balaban J connectivity index is 1.86. The molecule has 20 heavy (non-hydrogen) atoms. The molecule has 4 rings (SSSR count). The van der Waals surface area contributed by atoms with E-state index in [0.717, 1.165) is 19.3 Å². The van der Waals surface area contributed by atoms with Gasteiger partial charge in [0.1, 0.15) is 5.76 Å². The highest BCUT2D eigenvalue weighted by molar-refractivity contribution is 6.52. The van der Waals surface area contributed by atoms with Gasteiger partial charge in [0, 0.05) is 16.7 Å². The first-order valence-electron chi connectivity index (χ1n) is 7.28. The summed E-state index contributed by atoms with van der Waals surface area (Å²) in [6, 6.07) is 6.85. The van der Waals surface area contributed by atoms with E-state index in [0.29, 0.717) is 28.5 Å². The summed E-state index contributed by atoms with van der Waals surface area (Å²) in [5.74, 6) is 0.320. The Labute approximate surface area is 117 Å².